The van der Waals surface area contributed by atoms with E-state index in [1.165, 1.54) is 18.2 Å². The largest absolute Gasteiger partial charge is 0.504 e. The van der Waals surface area contributed by atoms with Crippen molar-refractivity contribution in [2.75, 3.05) is 6.61 Å². The van der Waals surface area contributed by atoms with Gasteiger partial charge in [0.05, 0.1) is 6.61 Å². The molecule has 1 heterocycles. The van der Waals surface area contributed by atoms with E-state index in [1.807, 2.05) is 6.92 Å². The molecule has 1 aromatic heterocycles. The molecule has 0 radical (unpaired) electrons. The molecule has 0 unspecified atom stereocenters. The fourth-order valence-electron chi connectivity index (χ4n) is 1.54. The summed E-state index contributed by atoms with van der Waals surface area (Å²) in [6.07, 6.45) is 0.705. The lowest BCUT2D eigenvalue weighted by molar-refractivity contribution is 0.303. The van der Waals surface area contributed by atoms with Crippen LogP contribution < -0.4 is 10.4 Å². The smallest absolute Gasteiger partial charge is 0.336 e. The van der Waals surface area contributed by atoms with Crippen LogP contribution in [0.25, 0.3) is 11.0 Å². The molecule has 2 aromatic rings. The number of phenolic OH excluding ortho intramolecular Hbond substituents is 1. The summed E-state index contributed by atoms with van der Waals surface area (Å²) in [6.45, 7) is 6.10. The first kappa shape index (κ1) is 12.2. The Balaban J connectivity index is 2.30. The first-order chi connectivity index (χ1) is 8.56. The van der Waals surface area contributed by atoms with Crippen LogP contribution in [0, 0.1) is 0 Å². The zero-order valence-corrected chi connectivity index (χ0v) is 10.1. The van der Waals surface area contributed by atoms with Gasteiger partial charge in [-0.15, -0.1) is 6.58 Å². The Bertz CT molecular complexity index is 640. The third-order valence-corrected chi connectivity index (χ3v) is 2.49. The summed E-state index contributed by atoms with van der Waals surface area (Å²) in [5, 5.41) is 10.4. The van der Waals surface area contributed by atoms with E-state index in [1.54, 1.807) is 6.07 Å². The third-order valence-electron chi connectivity index (χ3n) is 2.49. The van der Waals surface area contributed by atoms with Gasteiger partial charge in [0.2, 0.25) is 0 Å². The molecule has 0 spiro atoms. The maximum Gasteiger partial charge on any atom is 0.336 e. The summed E-state index contributed by atoms with van der Waals surface area (Å²) in [5.41, 5.74) is 0.966. The van der Waals surface area contributed by atoms with Gasteiger partial charge in [-0.3, -0.25) is 0 Å². The minimum Gasteiger partial charge on any atom is -0.504 e. The van der Waals surface area contributed by atoms with Crippen molar-refractivity contribution in [2.24, 2.45) is 0 Å². The topological polar surface area (TPSA) is 59.7 Å². The van der Waals surface area contributed by atoms with Crippen LogP contribution in [0.5, 0.6) is 11.5 Å². The quantitative estimate of drug-likeness (QED) is 0.665. The van der Waals surface area contributed by atoms with Gasteiger partial charge in [-0.25, -0.2) is 4.79 Å². The molecule has 94 valence electrons. The van der Waals surface area contributed by atoms with E-state index in [4.69, 9.17) is 9.15 Å². The molecule has 0 amide bonds. The van der Waals surface area contributed by atoms with E-state index < -0.39 is 5.63 Å². The van der Waals surface area contributed by atoms with Crippen LogP contribution in [0.2, 0.25) is 0 Å². The lowest BCUT2D eigenvalue weighted by Gasteiger charge is -2.08. The maximum atomic E-state index is 11.1. The number of aromatic hydroxyl groups is 1. The van der Waals surface area contributed by atoms with E-state index >= 15 is 0 Å². The van der Waals surface area contributed by atoms with Gasteiger partial charge < -0.3 is 14.3 Å². The van der Waals surface area contributed by atoms with E-state index in [0.29, 0.717) is 29.7 Å². The normalized spacial score (nSPS) is 10.5. The number of phenols is 1. The van der Waals surface area contributed by atoms with Crippen molar-refractivity contribution in [2.45, 2.75) is 13.3 Å². The summed E-state index contributed by atoms with van der Waals surface area (Å²) < 4.78 is 10.4. The van der Waals surface area contributed by atoms with Crippen molar-refractivity contribution in [3.8, 4) is 11.5 Å². The molecular formula is C14H14O4. The second kappa shape index (κ2) is 4.96. The monoisotopic (exact) mass is 246 g/mol. The number of rotatable bonds is 4. The SMILES string of the molecule is C=C(C)CCOc1cc2oc(=O)ccc2cc1O. The van der Waals surface area contributed by atoms with Crippen LogP contribution in [0.4, 0.5) is 0 Å². The number of hydrogen-bond acceptors (Lipinski definition) is 4. The standard InChI is InChI=1S/C14H14O4/c1-9(2)5-6-17-13-8-12-10(7-11(13)15)3-4-14(16)18-12/h3-4,7-8,15H,1,5-6H2,2H3. The molecule has 4 nitrogen and oxygen atoms in total. The fourth-order valence-corrected chi connectivity index (χ4v) is 1.54. The van der Waals surface area contributed by atoms with Crippen molar-refractivity contribution in [3.05, 3.63) is 46.8 Å². The summed E-state index contributed by atoms with van der Waals surface area (Å²) in [4.78, 5) is 11.1. The Morgan fingerprint density at radius 3 is 2.94 bits per heavy atom. The highest BCUT2D eigenvalue weighted by molar-refractivity contribution is 5.80. The third kappa shape index (κ3) is 2.71. The fraction of sp³-hybridized carbons (Fsp3) is 0.214. The van der Waals surface area contributed by atoms with Crippen LogP contribution in [-0.2, 0) is 0 Å². The minimum absolute atomic E-state index is 0.0260. The van der Waals surface area contributed by atoms with E-state index in [2.05, 4.69) is 6.58 Å². The Hall–Kier alpha value is -2.23. The zero-order chi connectivity index (χ0) is 13.1. The molecule has 0 atom stereocenters. The lowest BCUT2D eigenvalue weighted by Crippen LogP contribution is -1.99. The van der Waals surface area contributed by atoms with Gasteiger partial charge >= 0.3 is 5.63 Å². The van der Waals surface area contributed by atoms with Crippen LogP contribution >= 0.6 is 0 Å². The lowest BCUT2D eigenvalue weighted by atomic mass is 10.2. The molecule has 0 aliphatic heterocycles. The van der Waals surface area contributed by atoms with Gasteiger partial charge in [-0.1, -0.05) is 5.57 Å². The Kier molecular flexibility index (Phi) is 3.37. The van der Waals surface area contributed by atoms with Gasteiger partial charge in [0.25, 0.3) is 0 Å². The minimum atomic E-state index is -0.430. The van der Waals surface area contributed by atoms with E-state index in [0.717, 1.165) is 5.57 Å². The molecule has 0 saturated carbocycles. The summed E-state index contributed by atoms with van der Waals surface area (Å²) >= 11 is 0. The Morgan fingerprint density at radius 2 is 2.22 bits per heavy atom. The summed E-state index contributed by atoms with van der Waals surface area (Å²) in [6, 6.07) is 5.93. The van der Waals surface area contributed by atoms with E-state index in [-0.39, 0.29) is 5.75 Å². The van der Waals surface area contributed by atoms with Crippen molar-refractivity contribution in [3.63, 3.8) is 0 Å². The first-order valence-electron chi connectivity index (χ1n) is 5.60. The number of hydrogen-bond donors (Lipinski definition) is 1. The average molecular weight is 246 g/mol. The molecule has 0 fully saturated rings. The second-order valence-electron chi connectivity index (χ2n) is 4.17. The first-order valence-corrected chi connectivity index (χ1v) is 5.60. The van der Waals surface area contributed by atoms with Gasteiger partial charge in [0.15, 0.2) is 11.5 Å². The molecule has 1 N–H and O–H groups in total. The summed E-state index contributed by atoms with van der Waals surface area (Å²) in [7, 11) is 0. The highest BCUT2D eigenvalue weighted by Gasteiger charge is 2.07. The van der Waals surface area contributed by atoms with Crippen molar-refractivity contribution in [1.82, 2.24) is 0 Å². The molecule has 4 heteroatoms. The highest BCUT2D eigenvalue weighted by atomic mass is 16.5. The van der Waals surface area contributed by atoms with E-state index in [9.17, 15) is 9.90 Å². The molecule has 0 aliphatic carbocycles. The predicted octanol–water partition coefficient (Wildman–Crippen LogP) is 2.84. The van der Waals surface area contributed by atoms with Crippen molar-refractivity contribution >= 4 is 11.0 Å². The van der Waals surface area contributed by atoms with Gasteiger partial charge in [-0.05, 0) is 19.1 Å². The van der Waals surface area contributed by atoms with Gasteiger partial charge in [0.1, 0.15) is 5.58 Å². The average Bonchev–Trinajstić information content (AvgIpc) is 2.30. The molecule has 18 heavy (non-hydrogen) atoms. The molecular weight excluding hydrogens is 232 g/mol. The van der Waals surface area contributed by atoms with Crippen molar-refractivity contribution in [1.29, 1.82) is 0 Å². The summed E-state index contributed by atoms with van der Waals surface area (Å²) in [5.74, 6) is 0.330. The Morgan fingerprint density at radius 1 is 1.44 bits per heavy atom. The number of fused-ring (bicyclic) bond motifs is 1. The van der Waals surface area contributed by atoms with Gasteiger partial charge in [-0.2, -0.15) is 0 Å². The second-order valence-corrected chi connectivity index (χ2v) is 4.17. The number of benzene rings is 1. The number of ether oxygens (including phenoxy) is 1. The van der Waals surface area contributed by atoms with Crippen LogP contribution in [0.15, 0.2) is 45.6 Å². The Labute approximate surface area is 104 Å². The molecule has 0 bridgehead atoms. The maximum absolute atomic E-state index is 11.1. The van der Waals surface area contributed by atoms with Gasteiger partial charge in [0, 0.05) is 23.9 Å². The molecule has 1 aromatic carbocycles. The van der Waals surface area contributed by atoms with Crippen LogP contribution in [0.3, 0.4) is 0 Å². The predicted molar refractivity (Wildman–Crippen MR) is 69.1 cm³/mol. The molecule has 0 saturated heterocycles. The van der Waals surface area contributed by atoms with Crippen LogP contribution in [-0.4, -0.2) is 11.7 Å². The van der Waals surface area contributed by atoms with Crippen molar-refractivity contribution < 1.29 is 14.3 Å². The van der Waals surface area contributed by atoms with Crippen LogP contribution in [0.1, 0.15) is 13.3 Å². The molecule has 0 aliphatic rings. The zero-order valence-electron chi connectivity index (χ0n) is 10.1. The highest BCUT2D eigenvalue weighted by Crippen LogP contribution is 2.30. The molecule has 2 rings (SSSR count).